The molecule has 1 heterocycles. The van der Waals surface area contributed by atoms with E-state index in [1.54, 1.807) is 13.8 Å². The Labute approximate surface area is 136 Å². The summed E-state index contributed by atoms with van der Waals surface area (Å²) in [7, 11) is 0. The van der Waals surface area contributed by atoms with E-state index in [4.69, 9.17) is 0 Å². The number of benzene rings is 1. The number of amides is 4. The highest BCUT2D eigenvalue weighted by atomic mass is 16.2. The van der Waals surface area contributed by atoms with Gasteiger partial charge < -0.3 is 10.6 Å². The van der Waals surface area contributed by atoms with Crippen LogP contribution >= 0.6 is 0 Å². The molecule has 2 rings (SSSR count). The number of urea groups is 1. The van der Waals surface area contributed by atoms with Crippen LogP contribution in [0.5, 0.6) is 0 Å². The first kappa shape index (κ1) is 17.0. The van der Waals surface area contributed by atoms with Gasteiger partial charge in [-0.15, -0.1) is 0 Å². The summed E-state index contributed by atoms with van der Waals surface area (Å²) in [6.07, 6.45) is 1.05. The molecular weight excluding hydrogens is 294 g/mol. The van der Waals surface area contributed by atoms with Gasteiger partial charge in [-0.3, -0.25) is 14.5 Å². The van der Waals surface area contributed by atoms with Crippen LogP contribution in [0.1, 0.15) is 45.6 Å². The molecule has 1 aliphatic rings. The van der Waals surface area contributed by atoms with Crippen LogP contribution in [0.2, 0.25) is 0 Å². The van der Waals surface area contributed by atoms with Gasteiger partial charge in [-0.1, -0.05) is 26.0 Å². The number of nitrogens with zero attached hydrogens (tertiary/aromatic N) is 1. The Kier molecular flexibility index (Phi) is 4.73. The van der Waals surface area contributed by atoms with Crippen molar-refractivity contribution in [1.29, 1.82) is 0 Å². The van der Waals surface area contributed by atoms with Gasteiger partial charge in [0.2, 0.25) is 5.91 Å². The lowest BCUT2D eigenvalue weighted by molar-refractivity contribution is -0.132. The van der Waals surface area contributed by atoms with Gasteiger partial charge in [-0.2, -0.15) is 0 Å². The summed E-state index contributed by atoms with van der Waals surface area (Å²) in [6.45, 7) is 7.20. The minimum atomic E-state index is -0.963. The molecule has 1 aromatic rings. The number of carbonyl (C=O) groups excluding carboxylic acids is 3. The van der Waals surface area contributed by atoms with Crippen LogP contribution in [0, 0.1) is 0 Å². The standard InChI is InChI=1S/C17H23N3O3/c1-5-11(2)12-6-8-13(9-7-12)18-14(21)10-20-15(22)17(3,4)19-16(20)23/h6-9,11H,5,10H2,1-4H3,(H,18,21)(H,19,23)/t11-/m0/s1. The third-order valence-electron chi connectivity index (χ3n) is 4.12. The number of imide groups is 1. The molecule has 0 spiro atoms. The first-order valence-electron chi connectivity index (χ1n) is 7.78. The molecule has 1 aromatic carbocycles. The SMILES string of the molecule is CC[C@H](C)c1ccc(NC(=O)CN2C(=O)NC(C)(C)C2=O)cc1. The molecular formula is C17H23N3O3. The maximum Gasteiger partial charge on any atom is 0.325 e. The Morgan fingerprint density at radius 3 is 2.35 bits per heavy atom. The van der Waals surface area contributed by atoms with Gasteiger partial charge >= 0.3 is 6.03 Å². The van der Waals surface area contributed by atoms with Crippen LogP contribution in [0.15, 0.2) is 24.3 Å². The van der Waals surface area contributed by atoms with E-state index in [-0.39, 0.29) is 6.54 Å². The summed E-state index contributed by atoms with van der Waals surface area (Å²) in [6, 6.07) is 7.06. The Morgan fingerprint density at radius 1 is 1.26 bits per heavy atom. The normalized spacial score (nSPS) is 17.8. The number of carbonyl (C=O) groups is 3. The predicted octanol–water partition coefficient (Wildman–Crippen LogP) is 2.47. The molecule has 0 unspecified atom stereocenters. The van der Waals surface area contributed by atoms with E-state index in [2.05, 4.69) is 24.5 Å². The molecule has 1 aliphatic heterocycles. The van der Waals surface area contributed by atoms with E-state index >= 15 is 0 Å². The molecule has 0 bridgehead atoms. The van der Waals surface area contributed by atoms with Crippen LogP contribution in [-0.4, -0.2) is 34.8 Å². The van der Waals surface area contributed by atoms with Crippen LogP contribution in [-0.2, 0) is 9.59 Å². The average Bonchev–Trinajstić information content (AvgIpc) is 2.69. The van der Waals surface area contributed by atoms with E-state index in [9.17, 15) is 14.4 Å². The summed E-state index contributed by atoms with van der Waals surface area (Å²) in [5, 5.41) is 5.25. The predicted molar refractivity (Wildman–Crippen MR) is 88.1 cm³/mol. The minimum absolute atomic E-state index is 0.290. The maximum absolute atomic E-state index is 12.1. The molecule has 124 valence electrons. The Balaban J connectivity index is 1.97. The Hall–Kier alpha value is -2.37. The van der Waals surface area contributed by atoms with Crippen LogP contribution in [0.3, 0.4) is 0 Å². The van der Waals surface area contributed by atoms with Crippen molar-refractivity contribution in [2.24, 2.45) is 0 Å². The Morgan fingerprint density at radius 2 is 1.87 bits per heavy atom. The molecule has 6 heteroatoms. The van der Waals surface area contributed by atoms with Crippen LogP contribution in [0.4, 0.5) is 10.5 Å². The van der Waals surface area contributed by atoms with E-state index in [1.807, 2.05) is 24.3 Å². The summed E-state index contributed by atoms with van der Waals surface area (Å²) >= 11 is 0. The second-order valence-corrected chi connectivity index (χ2v) is 6.43. The molecule has 0 aromatic heterocycles. The lowest BCUT2D eigenvalue weighted by atomic mass is 9.99. The zero-order valence-corrected chi connectivity index (χ0v) is 14.0. The molecule has 0 aliphatic carbocycles. The quantitative estimate of drug-likeness (QED) is 0.819. The first-order chi connectivity index (χ1) is 10.7. The van der Waals surface area contributed by atoms with Crippen molar-refractivity contribution in [2.75, 3.05) is 11.9 Å². The first-order valence-corrected chi connectivity index (χ1v) is 7.78. The van der Waals surface area contributed by atoms with Crippen LogP contribution in [0.25, 0.3) is 0 Å². The van der Waals surface area contributed by atoms with Crippen molar-refractivity contribution in [3.05, 3.63) is 29.8 Å². The summed E-state index contributed by atoms with van der Waals surface area (Å²) in [4.78, 5) is 36.8. The largest absolute Gasteiger partial charge is 0.325 e. The average molecular weight is 317 g/mol. The third-order valence-corrected chi connectivity index (χ3v) is 4.12. The number of hydrogen-bond acceptors (Lipinski definition) is 3. The fourth-order valence-electron chi connectivity index (χ4n) is 2.44. The summed E-state index contributed by atoms with van der Waals surface area (Å²) in [5.41, 5.74) is 0.893. The van der Waals surface area contributed by atoms with Crippen molar-refractivity contribution in [3.63, 3.8) is 0 Å². The summed E-state index contributed by atoms with van der Waals surface area (Å²) < 4.78 is 0. The highest BCUT2D eigenvalue weighted by Crippen LogP contribution is 2.21. The molecule has 1 fully saturated rings. The van der Waals surface area contributed by atoms with Gasteiger partial charge in [0.1, 0.15) is 12.1 Å². The fraction of sp³-hybridized carbons (Fsp3) is 0.471. The van der Waals surface area contributed by atoms with Crippen molar-refractivity contribution in [3.8, 4) is 0 Å². The van der Waals surface area contributed by atoms with Crippen molar-refractivity contribution >= 4 is 23.5 Å². The topological polar surface area (TPSA) is 78.5 Å². The van der Waals surface area contributed by atoms with Crippen molar-refractivity contribution in [2.45, 2.75) is 45.6 Å². The van der Waals surface area contributed by atoms with Crippen molar-refractivity contribution < 1.29 is 14.4 Å². The number of rotatable bonds is 5. The van der Waals surface area contributed by atoms with E-state index in [0.29, 0.717) is 11.6 Å². The smallest absolute Gasteiger partial charge is 0.325 e. The van der Waals surface area contributed by atoms with E-state index in [1.165, 1.54) is 5.56 Å². The molecule has 23 heavy (non-hydrogen) atoms. The van der Waals surface area contributed by atoms with Crippen LogP contribution < -0.4 is 10.6 Å². The highest BCUT2D eigenvalue weighted by molar-refractivity contribution is 6.09. The zero-order valence-electron chi connectivity index (χ0n) is 14.0. The molecule has 6 nitrogen and oxygen atoms in total. The van der Waals surface area contributed by atoms with E-state index in [0.717, 1.165) is 11.3 Å². The minimum Gasteiger partial charge on any atom is -0.325 e. The number of nitrogens with one attached hydrogen (secondary N) is 2. The van der Waals surface area contributed by atoms with Crippen molar-refractivity contribution in [1.82, 2.24) is 10.2 Å². The monoisotopic (exact) mass is 317 g/mol. The van der Waals surface area contributed by atoms with E-state index < -0.39 is 23.4 Å². The number of hydrogen-bond donors (Lipinski definition) is 2. The van der Waals surface area contributed by atoms with Gasteiger partial charge in [-0.25, -0.2) is 4.79 Å². The molecule has 2 N–H and O–H groups in total. The number of anilines is 1. The summed E-state index contributed by atoms with van der Waals surface area (Å²) in [5.74, 6) is -0.333. The second-order valence-electron chi connectivity index (χ2n) is 6.43. The van der Waals surface area contributed by atoms with Gasteiger partial charge in [0.25, 0.3) is 5.91 Å². The fourth-order valence-corrected chi connectivity index (χ4v) is 2.44. The second kappa shape index (κ2) is 6.40. The lowest BCUT2D eigenvalue weighted by Crippen LogP contribution is -2.41. The van der Waals surface area contributed by atoms with Gasteiger partial charge in [0.05, 0.1) is 0 Å². The lowest BCUT2D eigenvalue weighted by Gasteiger charge is -2.16. The van der Waals surface area contributed by atoms with Gasteiger partial charge in [0, 0.05) is 5.69 Å². The van der Waals surface area contributed by atoms with Gasteiger partial charge in [-0.05, 0) is 43.9 Å². The maximum atomic E-state index is 12.1. The molecule has 4 amide bonds. The van der Waals surface area contributed by atoms with Gasteiger partial charge in [0.15, 0.2) is 0 Å². The highest BCUT2D eigenvalue weighted by Gasteiger charge is 2.44. The third kappa shape index (κ3) is 3.70. The molecule has 1 atom stereocenters. The Bertz CT molecular complexity index is 622. The zero-order chi connectivity index (χ0) is 17.2. The molecule has 0 radical (unpaired) electrons. The molecule has 1 saturated heterocycles. The molecule has 0 saturated carbocycles.